The van der Waals surface area contributed by atoms with Crippen molar-refractivity contribution in [3.8, 4) is 11.3 Å². The Bertz CT molecular complexity index is 644. The molecule has 0 atom stereocenters. The fourth-order valence-electron chi connectivity index (χ4n) is 1.57. The number of halogens is 3. The first-order valence-electron chi connectivity index (χ1n) is 5.30. The number of aromatic nitrogens is 1. The summed E-state index contributed by atoms with van der Waals surface area (Å²) in [4.78, 5) is 14.8. The lowest BCUT2D eigenvalue weighted by Crippen LogP contribution is -2.01. The molecule has 0 saturated carbocycles. The Balaban J connectivity index is 2.38. The van der Waals surface area contributed by atoms with Crippen LogP contribution in [-0.4, -0.2) is 16.1 Å². The molecule has 0 unspecified atom stereocenters. The van der Waals surface area contributed by atoms with Crippen molar-refractivity contribution in [2.75, 3.05) is 0 Å². The van der Waals surface area contributed by atoms with Crippen LogP contribution >= 0.6 is 34.8 Å². The van der Waals surface area contributed by atoms with Crippen molar-refractivity contribution in [2.45, 2.75) is 6.42 Å². The summed E-state index contributed by atoms with van der Waals surface area (Å²) in [5, 5.41) is 9.78. The molecule has 1 heterocycles. The Morgan fingerprint density at radius 2 is 1.84 bits per heavy atom. The number of benzene rings is 1. The molecule has 0 radical (unpaired) electrons. The average molecular weight is 317 g/mol. The molecule has 0 amide bonds. The molecule has 1 aromatic heterocycles. The highest BCUT2D eigenvalue weighted by molar-refractivity contribution is 6.42. The van der Waals surface area contributed by atoms with Crippen LogP contribution in [0.1, 0.15) is 5.56 Å². The summed E-state index contributed by atoms with van der Waals surface area (Å²) >= 11 is 17.7. The minimum Gasteiger partial charge on any atom is -0.481 e. The lowest BCUT2D eigenvalue weighted by Gasteiger charge is -2.06. The van der Waals surface area contributed by atoms with E-state index in [9.17, 15) is 4.79 Å². The Hall–Kier alpha value is -1.29. The van der Waals surface area contributed by atoms with E-state index in [1.54, 1.807) is 30.3 Å². The molecule has 0 aliphatic heterocycles. The fraction of sp³-hybridized carbons (Fsp3) is 0.0769. The van der Waals surface area contributed by atoms with Gasteiger partial charge in [-0.25, -0.2) is 4.98 Å². The molecule has 3 nitrogen and oxygen atoms in total. The van der Waals surface area contributed by atoms with Crippen LogP contribution in [0.5, 0.6) is 0 Å². The van der Waals surface area contributed by atoms with Crippen molar-refractivity contribution < 1.29 is 9.90 Å². The molecule has 19 heavy (non-hydrogen) atoms. The van der Waals surface area contributed by atoms with E-state index >= 15 is 0 Å². The summed E-state index contributed by atoms with van der Waals surface area (Å²) in [6.45, 7) is 0. The van der Waals surface area contributed by atoms with E-state index in [4.69, 9.17) is 39.9 Å². The first-order chi connectivity index (χ1) is 8.97. The summed E-state index contributed by atoms with van der Waals surface area (Å²) in [6.07, 6.45) is -0.159. The maximum atomic E-state index is 10.6. The van der Waals surface area contributed by atoms with Gasteiger partial charge in [0.2, 0.25) is 0 Å². The van der Waals surface area contributed by atoms with Crippen molar-refractivity contribution in [3.05, 3.63) is 51.1 Å². The van der Waals surface area contributed by atoms with Gasteiger partial charge in [-0.2, -0.15) is 0 Å². The lowest BCUT2D eigenvalue weighted by molar-refractivity contribution is -0.136. The third kappa shape index (κ3) is 3.38. The van der Waals surface area contributed by atoms with Gasteiger partial charge in [0.1, 0.15) is 5.15 Å². The molecule has 98 valence electrons. The van der Waals surface area contributed by atoms with E-state index in [2.05, 4.69) is 4.98 Å². The Morgan fingerprint density at radius 3 is 2.42 bits per heavy atom. The average Bonchev–Trinajstić information content (AvgIpc) is 2.35. The zero-order valence-corrected chi connectivity index (χ0v) is 11.8. The number of carbonyl (C=O) groups is 1. The predicted octanol–water partition coefficient (Wildman–Crippen LogP) is 4.34. The normalized spacial score (nSPS) is 10.5. The molecule has 0 bridgehead atoms. The molecule has 1 aromatic carbocycles. The van der Waals surface area contributed by atoms with E-state index in [-0.39, 0.29) is 11.6 Å². The van der Waals surface area contributed by atoms with Gasteiger partial charge in [-0.15, -0.1) is 0 Å². The summed E-state index contributed by atoms with van der Waals surface area (Å²) in [5.41, 5.74) is 1.84. The predicted molar refractivity (Wildman–Crippen MR) is 76.0 cm³/mol. The van der Waals surface area contributed by atoms with Gasteiger partial charge in [0, 0.05) is 11.1 Å². The number of aliphatic carboxylic acids is 1. The molecular formula is C13H8Cl3NO2. The number of hydrogen-bond acceptors (Lipinski definition) is 2. The highest BCUT2D eigenvalue weighted by Crippen LogP contribution is 2.28. The van der Waals surface area contributed by atoms with E-state index in [1.165, 1.54) is 0 Å². The number of hydrogen-bond donors (Lipinski definition) is 1. The van der Waals surface area contributed by atoms with E-state index < -0.39 is 5.97 Å². The second-order valence-corrected chi connectivity index (χ2v) is 5.02. The van der Waals surface area contributed by atoms with Gasteiger partial charge < -0.3 is 5.11 Å². The Morgan fingerprint density at radius 1 is 1.11 bits per heavy atom. The van der Waals surface area contributed by atoms with Crippen LogP contribution in [0.2, 0.25) is 15.2 Å². The van der Waals surface area contributed by atoms with Crippen LogP contribution in [-0.2, 0) is 11.2 Å². The van der Waals surface area contributed by atoms with Gasteiger partial charge >= 0.3 is 5.97 Å². The van der Waals surface area contributed by atoms with Crippen molar-refractivity contribution in [1.29, 1.82) is 0 Å². The zero-order chi connectivity index (χ0) is 14.0. The highest BCUT2D eigenvalue weighted by Gasteiger charge is 2.09. The van der Waals surface area contributed by atoms with Crippen LogP contribution in [0, 0.1) is 0 Å². The molecular weight excluding hydrogens is 309 g/mol. The molecule has 6 heteroatoms. The molecule has 0 spiro atoms. The highest BCUT2D eigenvalue weighted by atomic mass is 35.5. The standard InChI is InChI=1S/C13H8Cl3NO2/c14-9-3-1-7(5-10(9)15)11-4-2-8(6-12(18)19)13(16)17-11/h1-5H,6H2,(H,18,19). The number of carboxylic acid groups (broad SMARTS) is 1. The van der Waals surface area contributed by atoms with Crippen LogP contribution in [0.3, 0.4) is 0 Å². The van der Waals surface area contributed by atoms with E-state index in [0.717, 1.165) is 5.56 Å². The molecule has 1 N–H and O–H groups in total. The van der Waals surface area contributed by atoms with Gasteiger partial charge in [0.15, 0.2) is 0 Å². The summed E-state index contributed by atoms with van der Waals surface area (Å²) < 4.78 is 0. The van der Waals surface area contributed by atoms with Gasteiger partial charge in [0.25, 0.3) is 0 Å². The number of nitrogens with zero attached hydrogens (tertiary/aromatic N) is 1. The largest absolute Gasteiger partial charge is 0.481 e. The van der Waals surface area contributed by atoms with E-state index in [0.29, 0.717) is 21.3 Å². The van der Waals surface area contributed by atoms with Crippen molar-refractivity contribution >= 4 is 40.8 Å². The number of pyridine rings is 1. The third-order valence-corrected chi connectivity index (χ3v) is 3.55. The van der Waals surface area contributed by atoms with E-state index in [1.807, 2.05) is 0 Å². The van der Waals surface area contributed by atoms with Crippen LogP contribution in [0.25, 0.3) is 11.3 Å². The quantitative estimate of drug-likeness (QED) is 0.857. The second-order valence-electron chi connectivity index (χ2n) is 3.85. The van der Waals surface area contributed by atoms with Crippen LogP contribution < -0.4 is 0 Å². The van der Waals surface area contributed by atoms with Gasteiger partial charge in [-0.05, 0) is 18.2 Å². The molecule has 2 rings (SSSR count). The Kier molecular flexibility index (Phi) is 4.30. The summed E-state index contributed by atoms with van der Waals surface area (Å²) in [7, 11) is 0. The smallest absolute Gasteiger partial charge is 0.307 e. The lowest BCUT2D eigenvalue weighted by atomic mass is 10.1. The van der Waals surface area contributed by atoms with Crippen molar-refractivity contribution in [3.63, 3.8) is 0 Å². The van der Waals surface area contributed by atoms with Gasteiger partial charge in [-0.1, -0.05) is 46.9 Å². The monoisotopic (exact) mass is 315 g/mol. The summed E-state index contributed by atoms with van der Waals surface area (Å²) in [5.74, 6) is -0.953. The second kappa shape index (κ2) is 5.78. The fourth-order valence-corrected chi connectivity index (χ4v) is 2.09. The van der Waals surface area contributed by atoms with Crippen molar-refractivity contribution in [2.24, 2.45) is 0 Å². The molecule has 2 aromatic rings. The van der Waals surface area contributed by atoms with Crippen LogP contribution in [0.4, 0.5) is 0 Å². The Labute approximate surface area is 124 Å². The minimum atomic E-state index is -0.953. The van der Waals surface area contributed by atoms with Crippen LogP contribution in [0.15, 0.2) is 30.3 Å². The first kappa shape index (κ1) is 14.1. The topological polar surface area (TPSA) is 50.2 Å². The van der Waals surface area contributed by atoms with Crippen molar-refractivity contribution in [1.82, 2.24) is 4.98 Å². The molecule has 0 saturated heterocycles. The maximum absolute atomic E-state index is 10.6. The molecule has 0 fully saturated rings. The molecule has 0 aliphatic carbocycles. The summed E-state index contributed by atoms with van der Waals surface area (Å²) in [6, 6.07) is 8.45. The third-order valence-electron chi connectivity index (χ3n) is 2.48. The zero-order valence-electron chi connectivity index (χ0n) is 9.53. The van der Waals surface area contributed by atoms with Gasteiger partial charge in [0.05, 0.1) is 22.2 Å². The number of rotatable bonds is 3. The number of carboxylic acids is 1. The first-order valence-corrected chi connectivity index (χ1v) is 6.43. The minimum absolute atomic E-state index is 0.159. The van der Waals surface area contributed by atoms with Gasteiger partial charge in [-0.3, -0.25) is 4.79 Å². The SMILES string of the molecule is O=C(O)Cc1ccc(-c2ccc(Cl)c(Cl)c2)nc1Cl. The maximum Gasteiger partial charge on any atom is 0.307 e. The molecule has 0 aliphatic rings.